The molecule has 0 atom stereocenters. The van der Waals surface area contributed by atoms with Gasteiger partial charge >= 0.3 is 0 Å². The van der Waals surface area contributed by atoms with Crippen LogP contribution in [0.1, 0.15) is 24.0 Å². The molecule has 0 saturated carbocycles. The topological polar surface area (TPSA) is 66.5 Å². The fraction of sp³-hybridized carbons (Fsp3) is 0.381. The Kier molecular flexibility index (Phi) is 10.3. The van der Waals surface area contributed by atoms with Gasteiger partial charge in [0, 0.05) is 36.0 Å². The predicted molar refractivity (Wildman–Crippen MR) is 133 cm³/mol. The van der Waals surface area contributed by atoms with Crippen LogP contribution in [-0.2, 0) is 20.6 Å². The largest absolute Gasteiger partial charge is 0.355 e. The number of thioether (sulfide) groups is 1. The van der Waals surface area contributed by atoms with Crippen molar-refractivity contribution >= 4 is 68.2 Å². The van der Waals surface area contributed by atoms with Crippen molar-refractivity contribution in [1.82, 2.24) is 5.32 Å². The zero-order valence-electron chi connectivity index (χ0n) is 17.3. The van der Waals surface area contributed by atoms with Crippen LogP contribution >= 0.6 is 46.6 Å². The summed E-state index contributed by atoms with van der Waals surface area (Å²) in [4.78, 5) is 12.1. The summed E-state index contributed by atoms with van der Waals surface area (Å²) in [6, 6.07) is 10.7. The molecule has 2 aromatic rings. The van der Waals surface area contributed by atoms with Crippen molar-refractivity contribution in [3.63, 3.8) is 0 Å². The van der Waals surface area contributed by atoms with E-state index in [2.05, 4.69) is 5.32 Å². The highest BCUT2D eigenvalue weighted by molar-refractivity contribution is 7.98. The summed E-state index contributed by atoms with van der Waals surface area (Å²) >= 11 is 19.6. The van der Waals surface area contributed by atoms with Crippen LogP contribution in [0.5, 0.6) is 0 Å². The minimum absolute atomic E-state index is 0.105. The number of aryl methyl sites for hydroxylation is 1. The molecule has 0 saturated heterocycles. The summed E-state index contributed by atoms with van der Waals surface area (Å²) in [6.45, 7) is 2.57. The van der Waals surface area contributed by atoms with Crippen LogP contribution in [0.15, 0.2) is 36.4 Å². The average molecular weight is 524 g/mol. The second-order valence-electron chi connectivity index (χ2n) is 7.02. The van der Waals surface area contributed by atoms with Crippen molar-refractivity contribution in [1.29, 1.82) is 0 Å². The van der Waals surface area contributed by atoms with Gasteiger partial charge in [-0.2, -0.15) is 11.8 Å². The monoisotopic (exact) mass is 522 g/mol. The van der Waals surface area contributed by atoms with Gasteiger partial charge in [0.15, 0.2) is 0 Å². The molecule has 0 spiro atoms. The molecule has 5 nitrogen and oxygen atoms in total. The van der Waals surface area contributed by atoms with Crippen molar-refractivity contribution in [3.8, 4) is 0 Å². The number of sulfonamides is 1. The van der Waals surface area contributed by atoms with E-state index >= 15 is 0 Å². The quantitative estimate of drug-likeness (QED) is 0.392. The van der Waals surface area contributed by atoms with Crippen molar-refractivity contribution in [2.75, 3.05) is 29.4 Å². The SMILES string of the molecule is Cc1ccc(Cl)cc1N(CCCC(=O)NCCSCc1ccc(Cl)c(Cl)c1)S(C)(=O)=O. The van der Waals surface area contributed by atoms with Gasteiger partial charge in [0.1, 0.15) is 0 Å². The molecule has 0 fully saturated rings. The Balaban J connectivity index is 1.74. The van der Waals surface area contributed by atoms with Gasteiger partial charge in [-0.25, -0.2) is 8.42 Å². The molecular formula is C21H25Cl3N2O3S2. The number of hydrogen-bond donors (Lipinski definition) is 1. The van der Waals surface area contributed by atoms with Crippen molar-refractivity contribution < 1.29 is 13.2 Å². The molecule has 0 radical (unpaired) electrons. The Labute approximate surface area is 203 Å². The van der Waals surface area contributed by atoms with Crippen LogP contribution in [0.25, 0.3) is 0 Å². The Morgan fingerprint density at radius 2 is 1.84 bits per heavy atom. The first-order valence-corrected chi connectivity index (χ1v) is 13.7. The number of nitrogens with one attached hydrogen (secondary N) is 1. The van der Waals surface area contributed by atoms with E-state index in [9.17, 15) is 13.2 Å². The van der Waals surface area contributed by atoms with Crippen molar-refractivity contribution in [3.05, 3.63) is 62.6 Å². The highest BCUT2D eigenvalue weighted by atomic mass is 35.5. The van der Waals surface area contributed by atoms with Gasteiger partial charge in [-0.15, -0.1) is 0 Å². The fourth-order valence-electron chi connectivity index (χ4n) is 2.87. The molecule has 0 unspecified atom stereocenters. The predicted octanol–water partition coefficient (Wildman–Crippen LogP) is 5.55. The minimum Gasteiger partial charge on any atom is -0.355 e. The average Bonchev–Trinajstić information content (AvgIpc) is 2.69. The van der Waals surface area contributed by atoms with Crippen LogP contribution in [-0.4, -0.2) is 39.4 Å². The maximum Gasteiger partial charge on any atom is 0.232 e. The zero-order valence-corrected chi connectivity index (χ0v) is 21.2. The van der Waals surface area contributed by atoms with Gasteiger partial charge in [0.25, 0.3) is 0 Å². The third-order valence-corrected chi connectivity index (χ3v) is 7.61. The minimum atomic E-state index is -3.49. The van der Waals surface area contributed by atoms with Gasteiger partial charge in [-0.05, 0) is 48.7 Å². The molecule has 0 aromatic heterocycles. The lowest BCUT2D eigenvalue weighted by Gasteiger charge is -2.24. The maximum atomic E-state index is 12.2. The lowest BCUT2D eigenvalue weighted by atomic mass is 10.2. The molecule has 0 aliphatic carbocycles. The summed E-state index contributed by atoms with van der Waals surface area (Å²) in [7, 11) is -3.49. The first kappa shape index (κ1) is 26.1. The lowest BCUT2D eigenvalue weighted by molar-refractivity contribution is -0.121. The number of hydrogen-bond acceptors (Lipinski definition) is 4. The van der Waals surface area contributed by atoms with Gasteiger partial charge in [-0.1, -0.05) is 46.9 Å². The second-order valence-corrected chi connectivity index (χ2v) is 11.3. The van der Waals surface area contributed by atoms with Gasteiger partial charge in [0.05, 0.1) is 22.0 Å². The number of carbonyl (C=O) groups excluding carboxylic acids is 1. The van der Waals surface area contributed by atoms with Gasteiger partial charge < -0.3 is 5.32 Å². The standard InChI is InChI=1S/C21H25Cl3N2O3S2/c1-15-5-7-17(22)13-20(15)26(31(2,28)29)10-3-4-21(27)25-9-11-30-14-16-6-8-18(23)19(24)12-16/h5-8,12-13H,3-4,9-11,14H2,1-2H3,(H,25,27). The number of benzene rings is 2. The summed E-state index contributed by atoms with van der Waals surface area (Å²) in [5.74, 6) is 1.42. The Bertz CT molecular complexity index is 1020. The number of anilines is 1. The molecule has 0 bridgehead atoms. The summed E-state index contributed by atoms with van der Waals surface area (Å²) in [6.07, 6.45) is 1.79. The molecule has 2 aromatic carbocycles. The van der Waals surface area contributed by atoms with E-state index in [1.807, 2.05) is 19.1 Å². The molecule has 31 heavy (non-hydrogen) atoms. The van der Waals surface area contributed by atoms with Crippen LogP contribution in [0.4, 0.5) is 5.69 Å². The third-order valence-electron chi connectivity index (χ3n) is 4.43. The molecule has 10 heteroatoms. The van der Waals surface area contributed by atoms with E-state index in [-0.39, 0.29) is 18.9 Å². The first-order valence-electron chi connectivity index (χ1n) is 9.60. The molecule has 2 rings (SSSR count). The van der Waals surface area contributed by atoms with E-state index in [0.29, 0.717) is 33.7 Å². The number of amides is 1. The number of nitrogens with zero attached hydrogens (tertiary/aromatic N) is 1. The highest BCUT2D eigenvalue weighted by Crippen LogP contribution is 2.27. The van der Waals surface area contributed by atoms with E-state index < -0.39 is 10.0 Å². The zero-order chi connectivity index (χ0) is 23.0. The lowest BCUT2D eigenvalue weighted by Crippen LogP contribution is -2.33. The summed E-state index contributed by atoms with van der Waals surface area (Å²) in [5, 5.41) is 4.39. The Morgan fingerprint density at radius 1 is 1.10 bits per heavy atom. The number of rotatable bonds is 11. The first-order chi connectivity index (χ1) is 14.6. The third kappa shape index (κ3) is 8.73. The molecule has 0 aliphatic heterocycles. The fourth-order valence-corrected chi connectivity index (χ4v) is 5.18. The second kappa shape index (κ2) is 12.2. The van der Waals surface area contributed by atoms with Crippen LogP contribution in [0.3, 0.4) is 0 Å². The van der Waals surface area contributed by atoms with Crippen LogP contribution < -0.4 is 9.62 Å². The molecule has 170 valence electrons. The Hall–Kier alpha value is -1.12. The van der Waals surface area contributed by atoms with Gasteiger partial charge in [-0.3, -0.25) is 9.10 Å². The van der Waals surface area contributed by atoms with E-state index in [1.165, 1.54) is 4.31 Å². The number of carbonyl (C=O) groups is 1. The number of halogens is 3. The molecule has 1 N–H and O–H groups in total. The van der Waals surface area contributed by atoms with Crippen molar-refractivity contribution in [2.45, 2.75) is 25.5 Å². The normalized spacial score (nSPS) is 11.4. The van der Waals surface area contributed by atoms with E-state index in [0.717, 1.165) is 28.9 Å². The summed E-state index contributed by atoms with van der Waals surface area (Å²) < 4.78 is 25.8. The Morgan fingerprint density at radius 3 is 2.52 bits per heavy atom. The van der Waals surface area contributed by atoms with Gasteiger partial charge in [0.2, 0.25) is 15.9 Å². The van der Waals surface area contributed by atoms with Crippen LogP contribution in [0.2, 0.25) is 15.1 Å². The van der Waals surface area contributed by atoms with E-state index in [4.69, 9.17) is 34.8 Å². The highest BCUT2D eigenvalue weighted by Gasteiger charge is 2.19. The maximum absolute atomic E-state index is 12.2. The van der Waals surface area contributed by atoms with Crippen molar-refractivity contribution in [2.24, 2.45) is 0 Å². The van der Waals surface area contributed by atoms with E-state index in [1.54, 1.807) is 36.0 Å². The summed E-state index contributed by atoms with van der Waals surface area (Å²) in [5.41, 5.74) is 2.41. The molecular weight excluding hydrogens is 499 g/mol. The molecule has 0 aliphatic rings. The smallest absolute Gasteiger partial charge is 0.232 e. The van der Waals surface area contributed by atoms with Crippen LogP contribution in [0, 0.1) is 6.92 Å². The molecule has 1 amide bonds. The molecule has 0 heterocycles.